The molecule has 2 nitrogen and oxygen atoms in total. The van der Waals surface area contributed by atoms with Gasteiger partial charge in [-0.25, -0.2) is 0 Å². The molecule has 0 aliphatic rings. The number of nitrogens with zero attached hydrogens (tertiary/aromatic N) is 1. The minimum absolute atomic E-state index is 0.204. The molecular weight excluding hydrogens is 254 g/mol. The number of aromatic nitrogens is 1. The lowest BCUT2D eigenvalue weighted by Crippen LogP contribution is -2.01. The fourth-order valence-electron chi connectivity index (χ4n) is 1.53. The lowest BCUT2D eigenvalue weighted by Gasteiger charge is -2.16. The third-order valence-electron chi connectivity index (χ3n) is 2.49. The number of alkyl halides is 1. The summed E-state index contributed by atoms with van der Waals surface area (Å²) in [5, 5.41) is 0. The molecule has 0 spiro atoms. The second-order valence-corrected chi connectivity index (χ2v) is 4.47. The fraction of sp³-hybridized carbons (Fsp3) is 0.250. The van der Waals surface area contributed by atoms with Gasteiger partial charge >= 0.3 is 0 Å². The summed E-state index contributed by atoms with van der Waals surface area (Å²) in [4.78, 5) is 4.21. The topological polar surface area (TPSA) is 26.0 Å². The van der Waals surface area contributed by atoms with E-state index in [2.05, 4.69) is 27.8 Å². The molecule has 2 unspecified atom stereocenters. The van der Waals surface area contributed by atoms with E-state index in [0.29, 0.717) is 5.92 Å². The van der Waals surface area contributed by atoms with Gasteiger partial charge in [-0.05, 0) is 29.8 Å². The molecule has 0 aromatic carbocycles. The number of furan rings is 1. The van der Waals surface area contributed by atoms with E-state index >= 15 is 0 Å². The summed E-state index contributed by atoms with van der Waals surface area (Å²) < 4.78 is 5.38. The minimum atomic E-state index is 0.204. The van der Waals surface area contributed by atoms with Crippen LogP contribution in [0.4, 0.5) is 0 Å². The van der Waals surface area contributed by atoms with Gasteiger partial charge in [0.2, 0.25) is 0 Å². The second-order valence-electron chi connectivity index (χ2n) is 3.49. The van der Waals surface area contributed by atoms with Crippen LogP contribution in [-0.4, -0.2) is 4.98 Å². The van der Waals surface area contributed by atoms with Crippen LogP contribution >= 0.6 is 15.9 Å². The molecule has 0 saturated carbocycles. The van der Waals surface area contributed by atoms with Crippen molar-refractivity contribution in [1.82, 2.24) is 4.98 Å². The van der Waals surface area contributed by atoms with Gasteiger partial charge in [0.15, 0.2) is 0 Å². The molecule has 2 rings (SSSR count). The molecule has 0 N–H and O–H groups in total. The number of hydrogen-bond acceptors (Lipinski definition) is 2. The summed E-state index contributed by atoms with van der Waals surface area (Å²) >= 11 is 3.65. The molecule has 0 bridgehead atoms. The smallest absolute Gasteiger partial charge is 0.117 e. The van der Waals surface area contributed by atoms with E-state index in [1.807, 2.05) is 36.7 Å². The Hall–Kier alpha value is -1.09. The molecular formula is C12H12BrNO. The first-order valence-corrected chi connectivity index (χ1v) is 5.78. The highest BCUT2D eigenvalue weighted by atomic mass is 79.9. The molecule has 3 heteroatoms. The Morgan fingerprint density at radius 2 is 2.00 bits per heavy atom. The van der Waals surface area contributed by atoms with Crippen LogP contribution in [0.15, 0.2) is 47.3 Å². The van der Waals surface area contributed by atoms with E-state index in [9.17, 15) is 0 Å². The van der Waals surface area contributed by atoms with Crippen molar-refractivity contribution >= 4 is 15.9 Å². The standard InChI is InChI=1S/C12H12BrNO/c1-9(10-4-6-14-7-5-10)12(13)11-3-2-8-15-11/h2-9,12H,1H3. The highest BCUT2D eigenvalue weighted by molar-refractivity contribution is 9.09. The SMILES string of the molecule is CC(c1ccncc1)C(Br)c1ccco1. The van der Waals surface area contributed by atoms with Gasteiger partial charge in [0.25, 0.3) is 0 Å². The zero-order valence-electron chi connectivity index (χ0n) is 8.43. The fourth-order valence-corrected chi connectivity index (χ4v) is 2.10. The maximum absolute atomic E-state index is 5.38. The van der Waals surface area contributed by atoms with Crippen LogP contribution in [0.3, 0.4) is 0 Å². The van der Waals surface area contributed by atoms with Gasteiger partial charge in [-0.3, -0.25) is 4.98 Å². The van der Waals surface area contributed by atoms with Crippen LogP contribution in [0, 0.1) is 0 Å². The summed E-state index contributed by atoms with van der Waals surface area (Å²) in [6.07, 6.45) is 5.32. The summed E-state index contributed by atoms with van der Waals surface area (Å²) in [7, 11) is 0. The zero-order chi connectivity index (χ0) is 10.7. The van der Waals surface area contributed by atoms with Crippen molar-refractivity contribution in [2.45, 2.75) is 17.7 Å². The first kappa shape index (κ1) is 10.4. The molecule has 0 amide bonds. The Balaban J connectivity index is 2.18. The largest absolute Gasteiger partial charge is 0.468 e. The molecule has 2 heterocycles. The molecule has 2 atom stereocenters. The van der Waals surface area contributed by atoms with Crippen LogP contribution in [0.2, 0.25) is 0 Å². The Kier molecular flexibility index (Phi) is 3.21. The van der Waals surface area contributed by atoms with E-state index in [1.54, 1.807) is 6.26 Å². The molecule has 2 aromatic rings. The molecule has 0 aliphatic heterocycles. The van der Waals surface area contributed by atoms with Gasteiger partial charge in [0, 0.05) is 18.3 Å². The van der Waals surface area contributed by atoms with E-state index in [4.69, 9.17) is 4.42 Å². The van der Waals surface area contributed by atoms with E-state index < -0.39 is 0 Å². The number of pyridine rings is 1. The van der Waals surface area contributed by atoms with Gasteiger partial charge in [0.1, 0.15) is 5.76 Å². The third kappa shape index (κ3) is 2.29. The Bertz CT molecular complexity index is 399. The van der Waals surface area contributed by atoms with Crippen molar-refractivity contribution in [3.8, 4) is 0 Å². The average Bonchev–Trinajstić information content (AvgIpc) is 2.82. The summed E-state index contributed by atoms with van der Waals surface area (Å²) in [5.74, 6) is 1.32. The molecule has 0 aliphatic carbocycles. The van der Waals surface area contributed by atoms with Crippen LogP contribution in [0.1, 0.15) is 29.0 Å². The highest BCUT2D eigenvalue weighted by Crippen LogP contribution is 2.37. The van der Waals surface area contributed by atoms with Crippen molar-refractivity contribution in [3.05, 3.63) is 54.2 Å². The molecule has 15 heavy (non-hydrogen) atoms. The van der Waals surface area contributed by atoms with Gasteiger partial charge in [0.05, 0.1) is 11.1 Å². The molecule has 0 radical (unpaired) electrons. The van der Waals surface area contributed by atoms with E-state index in [-0.39, 0.29) is 4.83 Å². The van der Waals surface area contributed by atoms with Crippen molar-refractivity contribution in [3.63, 3.8) is 0 Å². The summed E-state index contributed by atoms with van der Waals surface area (Å²) in [5.41, 5.74) is 1.25. The number of rotatable bonds is 3. The Morgan fingerprint density at radius 1 is 1.27 bits per heavy atom. The van der Waals surface area contributed by atoms with Crippen LogP contribution < -0.4 is 0 Å². The Morgan fingerprint density at radius 3 is 2.60 bits per heavy atom. The lowest BCUT2D eigenvalue weighted by molar-refractivity contribution is 0.491. The third-order valence-corrected chi connectivity index (χ3v) is 3.73. The predicted molar refractivity (Wildman–Crippen MR) is 63.0 cm³/mol. The second kappa shape index (κ2) is 4.62. The van der Waals surface area contributed by atoms with Crippen LogP contribution in [0.5, 0.6) is 0 Å². The van der Waals surface area contributed by atoms with E-state index in [1.165, 1.54) is 5.56 Å². The van der Waals surface area contributed by atoms with Crippen LogP contribution in [0.25, 0.3) is 0 Å². The van der Waals surface area contributed by atoms with Crippen molar-refractivity contribution in [1.29, 1.82) is 0 Å². The minimum Gasteiger partial charge on any atom is -0.468 e. The first-order chi connectivity index (χ1) is 7.29. The van der Waals surface area contributed by atoms with Gasteiger partial charge in [-0.1, -0.05) is 22.9 Å². The predicted octanol–water partition coefficient (Wildman–Crippen LogP) is 3.91. The van der Waals surface area contributed by atoms with Gasteiger partial charge in [-0.2, -0.15) is 0 Å². The highest BCUT2D eigenvalue weighted by Gasteiger charge is 2.19. The van der Waals surface area contributed by atoms with E-state index in [0.717, 1.165) is 5.76 Å². The normalized spacial score (nSPS) is 14.8. The summed E-state index contributed by atoms with van der Waals surface area (Å²) in [6.45, 7) is 2.16. The summed E-state index contributed by atoms with van der Waals surface area (Å²) in [6, 6.07) is 7.95. The van der Waals surface area contributed by atoms with Crippen molar-refractivity contribution < 1.29 is 4.42 Å². The average molecular weight is 266 g/mol. The molecule has 78 valence electrons. The molecule has 0 fully saturated rings. The van der Waals surface area contributed by atoms with Gasteiger partial charge in [-0.15, -0.1) is 0 Å². The maximum atomic E-state index is 5.38. The monoisotopic (exact) mass is 265 g/mol. The number of halogens is 1. The van der Waals surface area contributed by atoms with Gasteiger partial charge < -0.3 is 4.42 Å². The first-order valence-electron chi connectivity index (χ1n) is 4.86. The number of hydrogen-bond donors (Lipinski definition) is 0. The zero-order valence-corrected chi connectivity index (χ0v) is 10.0. The Labute approximate surface area is 97.5 Å². The van der Waals surface area contributed by atoms with Crippen LogP contribution in [-0.2, 0) is 0 Å². The lowest BCUT2D eigenvalue weighted by atomic mass is 9.98. The van der Waals surface area contributed by atoms with Crippen molar-refractivity contribution in [2.24, 2.45) is 0 Å². The maximum Gasteiger partial charge on any atom is 0.117 e. The quantitative estimate of drug-likeness (QED) is 0.787. The molecule has 0 saturated heterocycles. The van der Waals surface area contributed by atoms with Crippen molar-refractivity contribution in [2.75, 3.05) is 0 Å². The molecule has 2 aromatic heterocycles.